The van der Waals surface area contributed by atoms with Crippen molar-refractivity contribution in [1.29, 1.82) is 0 Å². The molecule has 0 unspecified atom stereocenters. The van der Waals surface area contributed by atoms with Gasteiger partial charge in [-0.2, -0.15) is 13.2 Å². The number of nitrogens with one attached hydrogen (secondary N) is 2. The summed E-state index contributed by atoms with van der Waals surface area (Å²) >= 11 is 0.946. The summed E-state index contributed by atoms with van der Waals surface area (Å²) in [6.07, 6.45) is -3.04. The van der Waals surface area contributed by atoms with Gasteiger partial charge in [0.2, 0.25) is 0 Å². The zero-order chi connectivity index (χ0) is 22.4. The highest BCUT2D eigenvalue weighted by atomic mass is 32.1. The molecular formula is C19H30F3N5O2S. The van der Waals surface area contributed by atoms with E-state index in [1.54, 1.807) is 4.90 Å². The number of aliphatic imine (C=N–C) groups is 1. The highest BCUT2D eigenvalue weighted by Crippen LogP contribution is 2.30. The molecule has 1 aliphatic rings. The number of carbonyl (C=O) groups is 1. The van der Waals surface area contributed by atoms with E-state index in [4.69, 9.17) is 4.74 Å². The topological polar surface area (TPSA) is 78.9 Å². The molecular weight excluding hydrogens is 419 g/mol. The van der Waals surface area contributed by atoms with Crippen LogP contribution >= 0.6 is 11.3 Å². The standard InChI is InChI=1S/C19H30F3N5O2S/c1-5-23-16(25-11-15-26-14(12-30-15)19(20,21)22)24-10-13-6-8-27(9-7-13)17(28)29-18(2,3)4/h12-13H,5-11H2,1-4H3,(H2,23,24,25). The second-order valence-corrected chi connectivity index (χ2v) is 9.05. The number of alkyl halides is 3. The largest absolute Gasteiger partial charge is 0.444 e. The zero-order valence-electron chi connectivity index (χ0n) is 17.8. The Morgan fingerprint density at radius 3 is 2.50 bits per heavy atom. The number of nitrogens with zero attached hydrogens (tertiary/aromatic N) is 3. The molecule has 0 bridgehead atoms. The highest BCUT2D eigenvalue weighted by molar-refractivity contribution is 7.09. The van der Waals surface area contributed by atoms with Gasteiger partial charge in [-0.3, -0.25) is 0 Å². The fourth-order valence-corrected chi connectivity index (χ4v) is 3.61. The Bertz CT molecular complexity index is 722. The van der Waals surface area contributed by atoms with E-state index in [0.717, 1.165) is 29.6 Å². The summed E-state index contributed by atoms with van der Waals surface area (Å²) in [5.41, 5.74) is -1.39. The van der Waals surface area contributed by atoms with Crippen LogP contribution in [0.2, 0.25) is 0 Å². The summed E-state index contributed by atoms with van der Waals surface area (Å²) in [7, 11) is 0. The Labute approximate surface area is 179 Å². The lowest BCUT2D eigenvalue weighted by Crippen LogP contribution is -2.45. The Morgan fingerprint density at radius 1 is 1.30 bits per heavy atom. The van der Waals surface area contributed by atoms with Gasteiger partial charge in [0.15, 0.2) is 11.7 Å². The zero-order valence-corrected chi connectivity index (χ0v) is 18.6. The van der Waals surface area contributed by atoms with E-state index in [1.807, 2.05) is 27.7 Å². The fraction of sp³-hybridized carbons (Fsp3) is 0.737. The number of piperidine rings is 1. The predicted octanol–water partition coefficient (Wildman–Crippen LogP) is 3.86. The lowest BCUT2D eigenvalue weighted by molar-refractivity contribution is -0.140. The molecule has 0 radical (unpaired) electrons. The number of hydrogen-bond acceptors (Lipinski definition) is 5. The van der Waals surface area contributed by atoms with Crippen molar-refractivity contribution in [2.75, 3.05) is 26.2 Å². The van der Waals surface area contributed by atoms with Gasteiger partial charge >= 0.3 is 12.3 Å². The molecule has 1 aromatic heterocycles. The first kappa shape index (κ1) is 24.2. The van der Waals surface area contributed by atoms with Crippen LogP contribution in [0.1, 0.15) is 51.2 Å². The average molecular weight is 450 g/mol. The minimum absolute atomic E-state index is 0.0766. The summed E-state index contributed by atoms with van der Waals surface area (Å²) in [5, 5.41) is 7.64. The van der Waals surface area contributed by atoms with Crippen LogP contribution in [-0.4, -0.2) is 53.7 Å². The molecule has 170 valence electrons. The number of rotatable bonds is 5. The third-order valence-corrected chi connectivity index (χ3v) is 5.22. The van der Waals surface area contributed by atoms with E-state index >= 15 is 0 Å². The number of halogens is 3. The Hall–Kier alpha value is -2.04. The van der Waals surface area contributed by atoms with Gasteiger partial charge in [-0.15, -0.1) is 11.3 Å². The number of likely N-dealkylation sites (tertiary alicyclic amines) is 1. The number of hydrogen-bond donors (Lipinski definition) is 2. The molecule has 0 spiro atoms. The van der Waals surface area contributed by atoms with Crippen molar-refractivity contribution >= 4 is 23.4 Å². The van der Waals surface area contributed by atoms with Gasteiger partial charge in [0, 0.05) is 31.6 Å². The van der Waals surface area contributed by atoms with Gasteiger partial charge < -0.3 is 20.3 Å². The maximum atomic E-state index is 12.7. The molecule has 1 aromatic rings. The molecule has 30 heavy (non-hydrogen) atoms. The van der Waals surface area contributed by atoms with Crippen LogP contribution in [0.25, 0.3) is 0 Å². The SMILES string of the molecule is CCNC(=NCc1nc(C(F)(F)F)cs1)NCC1CCN(C(=O)OC(C)(C)C)CC1. The minimum Gasteiger partial charge on any atom is -0.444 e. The van der Waals surface area contributed by atoms with Crippen molar-refractivity contribution in [3.8, 4) is 0 Å². The van der Waals surface area contributed by atoms with Gasteiger partial charge in [0.25, 0.3) is 0 Å². The molecule has 2 heterocycles. The van der Waals surface area contributed by atoms with Gasteiger partial charge in [0.1, 0.15) is 10.6 Å². The van der Waals surface area contributed by atoms with Gasteiger partial charge in [-0.25, -0.2) is 14.8 Å². The minimum atomic E-state index is -4.44. The molecule has 2 N–H and O–H groups in total. The van der Waals surface area contributed by atoms with Crippen LogP contribution in [0.15, 0.2) is 10.4 Å². The molecule has 1 fully saturated rings. The van der Waals surface area contributed by atoms with Gasteiger partial charge in [-0.05, 0) is 46.5 Å². The van der Waals surface area contributed by atoms with Gasteiger partial charge in [0.05, 0.1) is 6.54 Å². The van der Waals surface area contributed by atoms with Crippen molar-refractivity contribution in [3.63, 3.8) is 0 Å². The average Bonchev–Trinajstić information content (AvgIpc) is 3.12. The third kappa shape index (κ3) is 8.00. The van der Waals surface area contributed by atoms with Crippen molar-refractivity contribution in [3.05, 3.63) is 16.1 Å². The molecule has 0 saturated carbocycles. The number of ether oxygens (including phenoxy) is 1. The summed E-state index contributed by atoms with van der Waals surface area (Å²) in [4.78, 5) is 21.8. The van der Waals surface area contributed by atoms with Crippen molar-refractivity contribution in [2.45, 2.75) is 58.9 Å². The Kier molecular flexibility index (Phi) is 8.34. The van der Waals surface area contributed by atoms with E-state index in [1.165, 1.54) is 0 Å². The van der Waals surface area contributed by atoms with Crippen LogP contribution in [0, 0.1) is 5.92 Å². The van der Waals surface area contributed by atoms with Crippen molar-refractivity contribution < 1.29 is 22.7 Å². The van der Waals surface area contributed by atoms with E-state index in [0.29, 0.717) is 43.1 Å². The summed E-state index contributed by atoms with van der Waals surface area (Å²) in [5.74, 6) is 0.903. The molecule has 7 nitrogen and oxygen atoms in total. The van der Waals surface area contributed by atoms with Crippen molar-refractivity contribution in [1.82, 2.24) is 20.5 Å². The smallest absolute Gasteiger partial charge is 0.434 e. The van der Waals surface area contributed by atoms with Crippen LogP contribution in [0.4, 0.5) is 18.0 Å². The van der Waals surface area contributed by atoms with Crippen LogP contribution in [0.3, 0.4) is 0 Å². The highest BCUT2D eigenvalue weighted by Gasteiger charge is 2.33. The van der Waals surface area contributed by atoms with Crippen molar-refractivity contribution in [2.24, 2.45) is 10.9 Å². The lowest BCUT2D eigenvalue weighted by Gasteiger charge is -2.33. The number of aromatic nitrogens is 1. The maximum absolute atomic E-state index is 12.7. The first-order valence-corrected chi connectivity index (χ1v) is 10.9. The number of carbonyl (C=O) groups excluding carboxylic acids is 1. The third-order valence-electron chi connectivity index (χ3n) is 4.38. The number of guanidine groups is 1. The molecule has 0 atom stereocenters. The van der Waals surface area contributed by atoms with Crippen LogP contribution in [-0.2, 0) is 17.5 Å². The monoisotopic (exact) mass is 449 g/mol. The van der Waals surface area contributed by atoms with Crippen LogP contribution < -0.4 is 10.6 Å². The Morgan fingerprint density at radius 2 is 1.97 bits per heavy atom. The molecule has 0 aliphatic carbocycles. The summed E-state index contributed by atoms with van der Waals surface area (Å²) in [6, 6.07) is 0. The first-order chi connectivity index (χ1) is 14.0. The van der Waals surface area contributed by atoms with E-state index < -0.39 is 17.5 Å². The van der Waals surface area contributed by atoms with Crippen LogP contribution in [0.5, 0.6) is 0 Å². The molecule has 0 aromatic carbocycles. The first-order valence-electron chi connectivity index (χ1n) is 9.99. The molecule has 11 heteroatoms. The second kappa shape index (κ2) is 10.3. The number of thiazole rings is 1. The summed E-state index contributed by atoms with van der Waals surface area (Å²) < 4.78 is 43.4. The number of amides is 1. The molecule has 1 aliphatic heterocycles. The normalized spacial score (nSPS) is 16.5. The van der Waals surface area contributed by atoms with E-state index in [-0.39, 0.29) is 12.6 Å². The molecule has 1 saturated heterocycles. The van der Waals surface area contributed by atoms with E-state index in [2.05, 4.69) is 20.6 Å². The lowest BCUT2D eigenvalue weighted by atomic mass is 9.97. The second-order valence-electron chi connectivity index (χ2n) is 8.11. The fourth-order valence-electron chi connectivity index (χ4n) is 2.89. The quantitative estimate of drug-likeness (QED) is 0.527. The Balaban J connectivity index is 1.81. The molecule has 2 rings (SSSR count). The van der Waals surface area contributed by atoms with E-state index in [9.17, 15) is 18.0 Å². The summed E-state index contributed by atoms with van der Waals surface area (Å²) in [6.45, 7) is 10.1. The predicted molar refractivity (Wildman–Crippen MR) is 110 cm³/mol. The van der Waals surface area contributed by atoms with Gasteiger partial charge in [-0.1, -0.05) is 0 Å². The molecule has 1 amide bonds. The maximum Gasteiger partial charge on any atom is 0.434 e.